The van der Waals surface area contributed by atoms with E-state index in [4.69, 9.17) is 33.7 Å². The Kier molecular flexibility index (Phi) is 7.21. The van der Waals surface area contributed by atoms with Gasteiger partial charge in [-0.2, -0.15) is 0 Å². The first-order valence-electron chi connectivity index (χ1n) is 7.77. The molecule has 0 amide bonds. The summed E-state index contributed by atoms with van der Waals surface area (Å²) in [6.45, 7) is 0.00739. The van der Waals surface area contributed by atoms with Gasteiger partial charge in [0, 0.05) is 11.6 Å². The number of hydrogen-bond acceptors (Lipinski definition) is 5. The van der Waals surface area contributed by atoms with Crippen molar-refractivity contribution in [3.05, 3.63) is 74.3 Å². The number of rotatable bonds is 5. The Labute approximate surface area is 171 Å². The first kappa shape index (κ1) is 21.2. The Balaban J connectivity index is 0.00000261. The van der Waals surface area contributed by atoms with Gasteiger partial charge in [0.2, 0.25) is 5.56 Å². The van der Waals surface area contributed by atoms with Crippen LogP contribution >= 0.6 is 35.6 Å². The zero-order valence-electron chi connectivity index (χ0n) is 13.9. The Bertz CT molecular complexity index is 1000. The summed E-state index contributed by atoms with van der Waals surface area (Å²) in [5.41, 5.74) is 8.00. The van der Waals surface area contributed by atoms with Gasteiger partial charge in [-0.15, -0.1) is 12.4 Å². The Morgan fingerprint density at radius 1 is 1.11 bits per heavy atom. The maximum Gasteiger partial charge on any atom is 0.323 e. The molecule has 2 heterocycles. The van der Waals surface area contributed by atoms with Gasteiger partial charge >= 0.3 is 5.97 Å². The van der Waals surface area contributed by atoms with Crippen LogP contribution in [0, 0.1) is 0 Å². The average molecular weight is 429 g/mol. The number of benzene rings is 1. The van der Waals surface area contributed by atoms with Gasteiger partial charge < -0.3 is 15.5 Å². The number of carbonyl (C=O) groups is 1. The number of carbonyl (C=O) groups excluding carboxylic acids is 1. The van der Waals surface area contributed by atoms with Crippen molar-refractivity contribution in [2.45, 2.75) is 19.1 Å². The molecule has 0 aliphatic heterocycles. The normalized spacial score (nSPS) is 11.7. The number of H-pyrrole nitrogens is 1. The lowest BCUT2D eigenvalue weighted by Crippen LogP contribution is -2.34. The molecule has 0 saturated heterocycles. The average Bonchev–Trinajstić information content (AvgIpc) is 2.59. The predicted octanol–water partition coefficient (Wildman–Crippen LogP) is 3.26. The van der Waals surface area contributed by atoms with Gasteiger partial charge in [0.25, 0.3) is 0 Å². The summed E-state index contributed by atoms with van der Waals surface area (Å²) < 4.78 is 5.22. The van der Waals surface area contributed by atoms with Crippen LogP contribution in [0.5, 0.6) is 0 Å². The lowest BCUT2D eigenvalue weighted by atomic mass is 10.0. The number of nitrogens with one attached hydrogen (secondary N) is 1. The van der Waals surface area contributed by atoms with Crippen LogP contribution in [0.2, 0.25) is 10.3 Å². The predicted molar refractivity (Wildman–Crippen MR) is 108 cm³/mol. The van der Waals surface area contributed by atoms with Gasteiger partial charge in [0.05, 0.1) is 0 Å². The number of aromatic nitrogens is 2. The quantitative estimate of drug-likeness (QED) is 0.480. The second kappa shape index (κ2) is 9.19. The van der Waals surface area contributed by atoms with Crippen LogP contribution in [-0.4, -0.2) is 22.0 Å². The molecule has 1 atom stereocenters. The van der Waals surface area contributed by atoms with Crippen molar-refractivity contribution in [2.24, 2.45) is 5.73 Å². The van der Waals surface area contributed by atoms with Crippen molar-refractivity contribution in [3.63, 3.8) is 0 Å². The molecule has 142 valence electrons. The molecule has 27 heavy (non-hydrogen) atoms. The van der Waals surface area contributed by atoms with Crippen molar-refractivity contribution in [1.82, 2.24) is 9.97 Å². The summed E-state index contributed by atoms with van der Waals surface area (Å²) in [5, 5.41) is 1.31. The van der Waals surface area contributed by atoms with Crippen molar-refractivity contribution in [3.8, 4) is 0 Å². The molecule has 0 radical (unpaired) electrons. The Morgan fingerprint density at radius 2 is 1.81 bits per heavy atom. The molecule has 0 bridgehead atoms. The zero-order valence-corrected chi connectivity index (χ0v) is 16.3. The summed E-state index contributed by atoms with van der Waals surface area (Å²) >= 11 is 11.6. The van der Waals surface area contributed by atoms with E-state index in [0.717, 1.165) is 16.5 Å². The topological polar surface area (TPSA) is 98.1 Å². The maximum absolute atomic E-state index is 12.1. The highest BCUT2D eigenvalue weighted by atomic mass is 35.5. The number of aromatic amines is 1. The van der Waals surface area contributed by atoms with E-state index in [-0.39, 0.29) is 34.9 Å². The lowest BCUT2D eigenvalue weighted by Gasteiger charge is -2.12. The van der Waals surface area contributed by atoms with Crippen molar-refractivity contribution >= 4 is 52.5 Å². The molecule has 3 aromatic rings. The van der Waals surface area contributed by atoms with E-state index >= 15 is 0 Å². The van der Waals surface area contributed by atoms with E-state index in [1.807, 2.05) is 12.1 Å². The number of halogens is 3. The van der Waals surface area contributed by atoms with Crippen LogP contribution in [0.25, 0.3) is 10.9 Å². The van der Waals surface area contributed by atoms with Crippen LogP contribution in [0.15, 0.2) is 47.3 Å². The number of ether oxygens (including phenoxy) is 1. The first-order valence-corrected chi connectivity index (χ1v) is 8.52. The van der Waals surface area contributed by atoms with Gasteiger partial charge in [0.1, 0.15) is 23.0 Å². The van der Waals surface area contributed by atoms with Crippen molar-refractivity contribution in [1.29, 1.82) is 0 Å². The number of nitrogens with zero attached hydrogens (tertiary/aromatic N) is 1. The molecule has 0 unspecified atom stereocenters. The summed E-state index contributed by atoms with van der Waals surface area (Å²) in [7, 11) is 0. The second-order valence-corrected chi connectivity index (χ2v) is 6.56. The molecule has 0 fully saturated rings. The summed E-state index contributed by atoms with van der Waals surface area (Å²) in [6.07, 6.45) is 0.311. The van der Waals surface area contributed by atoms with E-state index in [9.17, 15) is 9.59 Å². The third kappa shape index (κ3) is 5.68. The Hall–Kier alpha value is -2.12. The molecule has 3 rings (SSSR count). The molecule has 2 aromatic heterocycles. The van der Waals surface area contributed by atoms with Crippen molar-refractivity contribution < 1.29 is 9.53 Å². The highest BCUT2D eigenvalue weighted by Crippen LogP contribution is 2.16. The molecule has 3 N–H and O–H groups in total. The Morgan fingerprint density at radius 3 is 2.52 bits per heavy atom. The fourth-order valence-corrected chi connectivity index (χ4v) is 3.03. The number of fused-ring (bicyclic) bond motifs is 1. The molecule has 0 aliphatic rings. The van der Waals surface area contributed by atoms with Crippen LogP contribution in [0.1, 0.15) is 11.1 Å². The third-order valence-corrected chi connectivity index (χ3v) is 4.14. The van der Waals surface area contributed by atoms with Gasteiger partial charge in [-0.1, -0.05) is 29.3 Å². The second-order valence-electron chi connectivity index (χ2n) is 5.78. The van der Waals surface area contributed by atoms with Crippen LogP contribution < -0.4 is 11.3 Å². The maximum atomic E-state index is 12.1. The minimum atomic E-state index is -0.817. The number of nitrogens with two attached hydrogens (primary N) is 1. The van der Waals surface area contributed by atoms with Crippen LogP contribution in [-0.2, 0) is 22.6 Å². The minimum Gasteiger partial charge on any atom is -0.460 e. The summed E-state index contributed by atoms with van der Waals surface area (Å²) in [5.74, 6) is -0.532. The molecular formula is C18H16Cl3N3O3. The molecule has 0 spiro atoms. The van der Waals surface area contributed by atoms with Crippen LogP contribution in [0.3, 0.4) is 0 Å². The monoisotopic (exact) mass is 427 g/mol. The van der Waals surface area contributed by atoms with Gasteiger partial charge in [0.15, 0.2) is 0 Å². The fourth-order valence-electron chi connectivity index (χ4n) is 2.53. The smallest absolute Gasteiger partial charge is 0.323 e. The SMILES string of the molecule is Cl.N[C@@H](Cc1ccc2[nH]c(=O)ccc2c1)C(=O)OCc1cc(Cl)nc(Cl)c1. The van der Waals surface area contributed by atoms with E-state index in [2.05, 4.69) is 9.97 Å². The first-order chi connectivity index (χ1) is 12.4. The van der Waals surface area contributed by atoms with E-state index < -0.39 is 12.0 Å². The third-order valence-electron chi connectivity index (χ3n) is 3.75. The molecule has 6 nitrogen and oxygen atoms in total. The molecular weight excluding hydrogens is 413 g/mol. The highest BCUT2D eigenvalue weighted by molar-refractivity contribution is 6.32. The highest BCUT2D eigenvalue weighted by Gasteiger charge is 2.16. The van der Waals surface area contributed by atoms with Gasteiger partial charge in [-0.3, -0.25) is 9.59 Å². The van der Waals surface area contributed by atoms with E-state index in [0.29, 0.717) is 12.0 Å². The number of esters is 1. The fraction of sp³-hybridized carbons (Fsp3) is 0.167. The summed E-state index contributed by atoms with van der Waals surface area (Å²) in [6, 6.07) is 11.0. The van der Waals surface area contributed by atoms with Crippen molar-refractivity contribution in [2.75, 3.05) is 0 Å². The number of pyridine rings is 2. The van der Waals surface area contributed by atoms with E-state index in [1.54, 1.807) is 24.3 Å². The standard InChI is InChI=1S/C18H15Cl2N3O3.ClH/c19-15-7-11(8-16(20)23-15)9-26-18(25)13(21)6-10-1-3-14-12(5-10)2-4-17(24)22-14;/h1-5,7-8,13H,6,9,21H2,(H,22,24);1H/t13-;/m0./s1. The molecule has 9 heteroatoms. The number of hydrogen-bond donors (Lipinski definition) is 2. The van der Waals surface area contributed by atoms with Crippen LogP contribution in [0.4, 0.5) is 0 Å². The zero-order chi connectivity index (χ0) is 18.7. The molecule has 1 aromatic carbocycles. The molecule has 0 saturated carbocycles. The largest absolute Gasteiger partial charge is 0.460 e. The lowest BCUT2D eigenvalue weighted by molar-refractivity contribution is -0.146. The van der Waals surface area contributed by atoms with E-state index in [1.165, 1.54) is 6.07 Å². The molecule has 0 aliphatic carbocycles. The van der Waals surface area contributed by atoms with Gasteiger partial charge in [-0.25, -0.2) is 4.98 Å². The minimum absolute atomic E-state index is 0. The summed E-state index contributed by atoms with van der Waals surface area (Å²) in [4.78, 5) is 30.0. The van der Waals surface area contributed by atoms with Gasteiger partial charge in [-0.05, 0) is 53.3 Å².